The number of rotatable bonds is 9. The minimum Gasteiger partial charge on any atom is -0.379 e. The van der Waals surface area contributed by atoms with Gasteiger partial charge in [-0.1, -0.05) is 0 Å². The van der Waals surface area contributed by atoms with Crippen molar-refractivity contribution in [3.63, 3.8) is 0 Å². The van der Waals surface area contributed by atoms with Gasteiger partial charge in [-0.3, -0.25) is 4.79 Å². The first-order chi connectivity index (χ1) is 6.27. The summed E-state index contributed by atoms with van der Waals surface area (Å²) in [6.07, 6.45) is 1.05. The summed E-state index contributed by atoms with van der Waals surface area (Å²) in [5.74, 6) is -0.289. The molecule has 0 fully saturated rings. The Morgan fingerprint density at radius 3 is 2.23 bits per heavy atom. The zero-order valence-corrected chi connectivity index (χ0v) is 7.83. The van der Waals surface area contributed by atoms with E-state index >= 15 is 0 Å². The first-order valence-corrected chi connectivity index (χ1v) is 4.41. The number of amides is 1. The maximum Gasteiger partial charge on any atom is 0.217 e. The van der Waals surface area contributed by atoms with Crippen LogP contribution in [0.5, 0.6) is 0 Å². The summed E-state index contributed by atoms with van der Waals surface area (Å²) >= 11 is 0. The van der Waals surface area contributed by atoms with E-state index in [9.17, 15) is 4.79 Å². The van der Waals surface area contributed by atoms with Gasteiger partial charge in [-0.25, -0.2) is 0 Å². The van der Waals surface area contributed by atoms with E-state index in [0.29, 0.717) is 45.8 Å². The van der Waals surface area contributed by atoms with Gasteiger partial charge in [-0.05, 0) is 6.42 Å². The Hall–Kier alpha value is -0.650. The van der Waals surface area contributed by atoms with Crippen LogP contribution in [0.2, 0.25) is 0 Å². The Balaban J connectivity index is 2.87. The fourth-order valence-corrected chi connectivity index (χ4v) is 0.754. The van der Waals surface area contributed by atoms with Gasteiger partial charge in [0, 0.05) is 19.6 Å². The Morgan fingerprint density at radius 2 is 1.69 bits per heavy atom. The van der Waals surface area contributed by atoms with Crippen molar-refractivity contribution in [1.29, 1.82) is 0 Å². The molecule has 0 aliphatic heterocycles. The van der Waals surface area contributed by atoms with Crippen LogP contribution in [0.4, 0.5) is 0 Å². The van der Waals surface area contributed by atoms with Gasteiger partial charge in [0.25, 0.3) is 0 Å². The lowest BCUT2D eigenvalue weighted by atomic mass is 10.3. The normalized spacial score (nSPS) is 10.2. The van der Waals surface area contributed by atoms with Gasteiger partial charge in [0.1, 0.15) is 0 Å². The molecule has 0 spiro atoms. The fraction of sp³-hybridized carbons (Fsp3) is 0.875. The zero-order valence-electron chi connectivity index (χ0n) is 7.83. The molecule has 0 aromatic rings. The number of nitrogens with two attached hydrogens (primary N) is 2. The predicted molar refractivity (Wildman–Crippen MR) is 49.1 cm³/mol. The van der Waals surface area contributed by atoms with Crippen molar-refractivity contribution in [2.75, 3.05) is 33.0 Å². The molecule has 4 N–H and O–H groups in total. The van der Waals surface area contributed by atoms with Gasteiger partial charge in [-0.2, -0.15) is 0 Å². The molecule has 0 aliphatic rings. The monoisotopic (exact) mass is 190 g/mol. The topological polar surface area (TPSA) is 87.6 Å². The van der Waals surface area contributed by atoms with Crippen LogP contribution in [-0.4, -0.2) is 38.9 Å². The first-order valence-electron chi connectivity index (χ1n) is 4.41. The van der Waals surface area contributed by atoms with Crippen LogP contribution in [0.25, 0.3) is 0 Å². The average Bonchev–Trinajstić information content (AvgIpc) is 2.09. The highest BCUT2D eigenvalue weighted by molar-refractivity contribution is 5.73. The van der Waals surface area contributed by atoms with Crippen LogP contribution in [0, 0.1) is 0 Å². The van der Waals surface area contributed by atoms with E-state index in [-0.39, 0.29) is 5.91 Å². The van der Waals surface area contributed by atoms with E-state index in [1.807, 2.05) is 0 Å². The van der Waals surface area contributed by atoms with Gasteiger partial charge in [0.15, 0.2) is 0 Å². The van der Waals surface area contributed by atoms with E-state index in [1.165, 1.54) is 0 Å². The van der Waals surface area contributed by atoms with Crippen molar-refractivity contribution in [2.45, 2.75) is 12.8 Å². The van der Waals surface area contributed by atoms with Crippen LogP contribution in [0.15, 0.2) is 0 Å². The molecule has 13 heavy (non-hydrogen) atoms. The van der Waals surface area contributed by atoms with Crippen LogP contribution in [-0.2, 0) is 14.3 Å². The van der Waals surface area contributed by atoms with Crippen LogP contribution in [0.1, 0.15) is 12.8 Å². The molecule has 0 saturated carbocycles. The van der Waals surface area contributed by atoms with E-state index < -0.39 is 0 Å². The first kappa shape index (κ1) is 12.3. The number of carbonyl (C=O) groups is 1. The molecule has 0 atom stereocenters. The maximum absolute atomic E-state index is 10.3. The standard InChI is InChI=1S/C8H18N2O3/c9-3-5-13-7-6-12-4-1-2-8(10)11/h1-7,9H2,(H2,10,11). The third-order valence-electron chi connectivity index (χ3n) is 1.35. The van der Waals surface area contributed by atoms with Crippen molar-refractivity contribution in [3.8, 4) is 0 Å². The molecular formula is C8H18N2O3. The molecule has 0 aromatic carbocycles. The minimum absolute atomic E-state index is 0.289. The molecule has 0 unspecified atom stereocenters. The van der Waals surface area contributed by atoms with E-state index in [2.05, 4.69) is 0 Å². The molecule has 0 radical (unpaired) electrons. The van der Waals surface area contributed by atoms with Crippen molar-refractivity contribution < 1.29 is 14.3 Å². The summed E-state index contributed by atoms with van der Waals surface area (Å²) in [6, 6.07) is 0. The van der Waals surface area contributed by atoms with Gasteiger partial charge < -0.3 is 20.9 Å². The summed E-state index contributed by atoms with van der Waals surface area (Å²) < 4.78 is 10.2. The number of ether oxygens (including phenoxy) is 2. The van der Waals surface area contributed by atoms with E-state index in [0.717, 1.165) is 0 Å². The fourth-order valence-electron chi connectivity index (χ4n) is 0.754. The number of carbonyl (C=O) groups excluding carboxylic acids is 1. The van der Waals surface area contributed by atoms with E-state index in [1.54, 1.807) is 0 Å². The summed E-state index contributed by atoms with van der Waals surface area (Å²) in [6.45, 7) is 2.73. The Bertz CT molecular complexity index is 131. The minimum atomic E-state index is -0.289. The highest BCUT2D eigenvalue weighted by Gasteiger charge is 1.94. The molecule has 5 heteroatoms. The molecule has 0 rings (SSSR count). The third kappa shape index (κ3) is 11.3. The molecule has 1 amide bonds. The zero-order chi connectivity index (χ0) is 9.94. The van der Waals surface area contributed by atoms with Crippen LogP contribution in [0.3, 0.4) is 0 Å². The number of hydrogen-bond acceptors (Lipinski definition) is 4. The maximum atomic E-state index is 10.3. The molecular weight excluding hydrogens is 172 g/mol. The van der Waals surface area contributed by atoms with Crippen LogP contribution < -0.4 is 11.5 Å². The second kappa shape index (κ2) is 9.44. The molecule has 78 valence electrons. The number of primary amides is 1. The smallest absolute Gasteiger partial charge is 0.217 e. The van der Waals surface area contributed by atoms with E-state index in [4.69, 9.17) is 20.9 Å². The van der Waals surface area contributed by atoms with Gasteiger partial charge in [-0.15, -0.1) is 0 Å². The Labute approximate surface area is 78.4 Å². The molecule has 0 heterocycles. The highest BCUT2D eigenvalue weighted by Crippen LogP contribution is 1.88. The lowest BCUT2D eigenvalue weighted by Gasteiger charge is -2.03. The highest BCUT2D eigenvalue weighted by atomic mass is 16.5. The molecule has 0 bridgehead atoms. The average molecular weight is 190 g/mol. The molecule has 0 aliphatic carbocycles. The van der Waals surface area contributed by atoms with Crippen molar-refractivity contribution >= 4 is 5.91 Å². The quantitative estimate of drug-likeness (QED) is 0.468. The second-order valence-corrected chi connectivity index (χ2v) is 2.58. The predicted octanol–water partition coefficient (Wildman–Crippen LogP) is -0.756. The Kier molecular flexibility index (Phi) is 8.97. The van der Waals surface area contributed by atoms with Crippen molar-refractivity contribution in [1.82, 2.24) is 0 Å². The summed E-state index contributed by atoms with van der Waals surface area (Å²) in [7, 11) is 0. The largest absolute Gasteiger partial charge is 0.379 e. The van der Waals surface area contributed by atoms with Crippen molar-refractivity contribution in [2.24, 2.45) is 11.5 Å². The summed E-state index contributed by atoms with van der Waals surface area (Å²) in [4.78, 5) is 10.3. The SMILES string of the molecule is NCCOCCOCCCC(N)=O. The molecule has 0 aromatic heterocycles. The van der Waals surface area contributed by atoms with Crippen LogP contribution >= 0.6 is 0 Å². The molecule has 5 nitrogen and oxygen atoms in total. The van der Waals surface area contributed by atoms with Crippen molar-refractivity contribution in [3.05, 3.63) is 0 Å². The second-order valence-electron chi connectivity index (χ2n) is 2.58. The van der Waals surface area contributed by atoms with Gasteiger partial charge in [0.2, 0.25) is 5.91 Å². The lowest BCUT2D eigenvalue weighted by molar-refractivity contribution is -0.118. The number of hydrogen-bond donors (Lipinski definition) is 2. The summed E-state index contributed by atoms with van der Waals surface area (Å²) in [5, 5.41) is 0. The lowest BCUT2D eigenvalue weighted by Crippen LogP contribution is -2.14. The van der Waals surface area contributed by atoms with Gasteiger partial charge >= 0.3 is 0 Å². The summed E-state index contributed by atoms with van der Waals surface area (Å²) in [5.41, 5.74) is 10.1. The third-order valence-corrected chi connectivity index (χ3v) is 1.35. The Morgan fingerprint density at radius 1 is 1.08 bits per heavy atom. The molecule has 0 saturated heterocycles. The van der Waals surface area contributed by atoms with Gasteiger partial charge in [0.05, 0.1) is 19.8 Å².